The number of ether oxygens (including phenoxy) is 4. The lowest BCUT2D eigenvalue weighted by molar-refractivity contribution is -0.234. The van der Waals surface area contributed by atoms with E-state index in [0.717, 1.165) is 5.56 Å². The van der Waals surface area contributed by atoms with Gasteiger partial charge in [-0.1, -0.05) is 13.8 Å². The number of carbonyl (C=O) groups excluding carboxylic acids is 4. The van der Waals surface area contributed by atoms with Crippen molar-refractivity contribution in [1.29, 1.82) is 0 Å². The van der Waals surface area contributed by atoms with Crippen LogP contribution < -0.4 is 0 Å². The number of hydrogen-bond donors (Lipinski definition) is 0. The van der Waals surface area contributed by atoms with Gasteiger partial charge in [-0.15, -0.1) is 0 Å². The van der Waals surface area contributed by atoms with Crippen molar-refractivity contribution in [3.63, 3.8) is 0 Å². The van der Waals surface area contributed by atoms with E-state index in [0.29, 0.717) is 12.8 Å². The van der Waals surface area contributed by atoms with Crippen LogP contribution in [0.15, 0.2) is 23.0 Å². The Balaban J connectivity index is 1.54. The molecule has 0 N–H and O–H groups in total. The summed E-state index contributed by atoms with van der Waals surface area (Å²) >= 11 is 0. The summed E-state index contributed by atoms with van der Waals surface area (Å²) in [5, 5.41) is 0. The van der Waals surface area contributed by atoms with Crippen molar-refractivity contribution in [2.75, 3.05) is 0 Å². The van der Waals surface area contributed by atoms with Gasteiger partial charge in [0, 0.05) is 35.7 Å². The first kappa shape index (κ1) is 24.6. The molecule has 4 heterocycles. The Bertz CT molecular complexity index is 1200. The quantitative estimate of drug-likeness (QED) is 0.330. The Kier molecular flexibility index (Phi) is 4.82. The number of hydrogen-bond acceptors (Lipinski definition) is 9. The van der Waals surface area contributed by atoms with Gasteiger partial charge in [0.15, 0.2) is 6.10 Å². The summed E-state index contributed by atoms with van der Waals surface area (Å²) in [5.74, 6) is -2.18. The van der Waals surface area contributed by atoms with E-state index in [1.54, 1.807) is 12.3 Å². The Morgan fingerprint density at radius 3 is 2.41 bits per heavy atom. The summed E-state index contributed by atoms with van der Waals surface area (Å²) in [6.45, 7) is 11.0. The lowest BCUT2D eigenvalue weighted by atomic mass is 9.37. The second-order valence-electron chi connectivity index (χ2n) is 12.7. The van der Waals surface area contributed by atoms with Crippen molar-refractivity contribution in [2.24, 2.45) is 28.1 Å². The molecule has 3 aliphatic heterocycles. The zero-order valence-electron chi connectivity index (χ0n) is 22.1. The van der Waals surface area contributed by atoms with Gasteiger partial charge in [-0.05, 0) is 45.6 Å². The predicted molar refractivity (Wildman–Crippen MR) is 126 cm³/mol. The van der Waals surface area contributed by atoms with Crippen molar-refractivity contribution in [2.45, 2.75) is 96.7 Å². The number of cyclic esters (lactones) is 2. The minimum absolute atomic E-state index is 0.0263. The fraction of sp³-hybridized carbons (Fsp3) is 0.714. The van der Waals surface area contributed by atoms with E-state index in [2.05, 4.69) is 0 Å². The van der Waals surface area contributed by atoms with Gasteiger partial charge in [-0.2, -0.15) is 0 Å². The van der Waals surface area contributed by atoms with Crippen LogP contribution in [-0.2, 0) is 38.1 Å². The van der Waals surface area contributed by atoms with Crippen LogP contribution in [0, 0.1) is 28.1 Å². The number of fused-ring (bicyclic) bond motifs is 3. The Morgan fingerprint density at radius 2 is 1.76 bits per heavy atom. The lowest BCUT2D eigenvalue weighted by Gasteiger charge is -2.66. The Morgan fingerprint density at radius 1 is 1.03 bits per heavy atom. The molecule has 9 heteroatoms. The van der Waals surface area contributed by atoms with Gasteiger partial charge < -0.3 is 23.4 Å². The van der Waals surface area contributed by atoms with Crippen LogP contribution >= 0.6 is 0 Å². The third-order valence-electron chi connectivity index (χ3n) is 10.8. The molecule has 9 nitrogen and oxygen atoms in total. The number of Topliss-reactive ketones (excluding diaryl/α,β-unsaturated/α-hetero) is 1. The predicted octanol–water partition coefficient (Wildman–Crippen LogP) is 3.69. The molecule has 0 bridgehead atoms. The second-order valence-corrected chi connectivity index (χ2v) is 12.7. The summed E-state index contributed by atoms with van der Waals surface area (Å²) in [6.07, 6.45) is 2.06. The van der Waals surface area contributed by atoms with Gasteiger partial charge in [0.05, 0.1) is 24.4 Å². The van der Waals surface area contributed by atoms with Gasteiger partial charge >= 0.3 is 17.9 Å². The minimum Gasteiger partial charge on any atom is -0.472 e. The van der Waals surface area contributed by atoms with Crippen LogP contribution in [0.25, 0.3) is 0 Å². The average Bonchev–Trinajstić information content (AvgIpc) is 3.38. The third-order valence-corrected chi connectivity index (χ3v) is 10.8. The topological polar surface area (TPSA) is 122 Å². The van der Waals surface area contributed by atoms with Crippen molar-refractivity contribution >= 4 is 23.7 Å². The van der Waals surface area contributed by atoms with E-state index < -0.39 is 63.7 Å². The van der Waals surface area contributed by atoms with Gasteiger partial charge in [0.25, 0.3) is 0 Å². The minimum atomic E-state index is -1.09. The highest BCUT2D eigenvalue weighted by molar-refractivity contribution is 5.93. The summed E-state index contributed by atoms with van der Waals surface area (Å²) in [7, 11) is 0. The molecule has 3 saturated heterocycles. The van der Waals surface area contributed by atoms with Crippen molar-refractivity contribution < 1.29 is 42.5 Å². The van der Waals surface area contributed by atoms with Gasteiger partial charge in [0.1, 0.15) is 29.2 Å². The molecule has 37 heavy (non-hydrogen) atoms. The largest absolute Gasteiger partial charge is 0.472 e. The molecule has 0 radical (unpaired) electrons. The van der Waals surface area contributed by atoms with Crippen LogP contribution in [-0.4, -0.2) is 47.1 Å². The molecule has 5 aliphatic rings. The molecule has 1 aromatic heterocycles. The van der Waals surface area contributed by atoms with Crippen LogP contribution in [0.1, 0.15) is 78.9 Å². The molecule has 0 aromatic carbocycles. The molecule has 1 spiro atoms. The molecule has 2 aliphatic carbocycles. The SMILES string of the molecule is CC(=O)O[C@H]1CC(=O)OC(C)(C)[C@@H]2CC(=O)[C@]3(C)[C@H](CC[C@]4(C)[C@H](c5ccoc5)OC(=O)[C@@H]5O[C@@]543)[C@@]12C. The summed E-state index contributed by atoms with van der Waals surface area (Å²) < 4.78 is 29.3. The number of epoxide rings is 1. The zero-order valence-corrected chi connectivity index (χ0v) is 22.1. The number of furan rings is 1. The number of ketones is 1. The zero-order chi connectivity index (χ0) is 26.8. The van der Waals surface area contributed by atoms with Crippen molar-refractivity contribution in [1.82, 2.24) is 0 Å². The molecule has 0 unspecified atom stereocenters. The highest BCUT2D eigenvalue weighted by atomic mass is 16.7. The maximum atomic E-state index is 14.4. The van der Waals surface area contributed by atoms with E-state index >= 15 is 0 Å². The van der Waals surface area contributed by atoms with E-state index in [1.165, 1.54) is 13.2 Å². The van der Waals surface area contributed by atoms with Crippen LogP contribution in [0.5, 0.6) is 0 Å². The molecule has 9 atom stereocenters. The van der Waals surface area contributed by atoms with E-state index in [-0.39, 0.29) is 30.5 Å². The number of carbonyl (C=O) groups is 4. The highest BCUT2D eigenvalue weighted by Gasteiger charge is 2.88. The second kappa shape index (κ2) is 7.24. The van der Waals surface area contributed by atoms with Gasteiger partial charge in [-0.3, -0.25) is 14.4 Å². The van der Waals surface area contributed by atoms with Crippen LogP contribution in [0.4, 0.5) is 0 Å². The number of rotatable bonds is 2. The molecule has 0 amide bonds. The lowest BCUT2D eigenvalue weighted by Crippen LogP contribution is -2.72. The average molecular weight is 515 g/mol. The molecule has 200 valence electrons. The van der Waals surface area contributed by atoms with E-state index in [4.69, 9.17) is 23.4 Å². The normalized spacial score (nSPS) is 47.7. The molecule has 1 aromatic rings. The van der Waals surface area contributed by atoms with E-state index in [1.807, 2.05) is 34.6 Å². The first-order chi connectivity index (χ1) is 17.2. The molecular formula is C28H34O9. The standard InChI is InChI=1S/C28H34O9/c1-14(29)34-19-12-20(31)36-24(2,3)17-11-18(30)27(6)16(26(17,19)5)7-9-25(4)21(15-8-10-33-13-15)35-23(32)22-28(25,27)37-22/h8,10,13,16-17,19,21-22H,7,9,11-12H2,1-6H3/t16-,17+,19+,21+,22+,25-,26-,27+,28+/m1/s1. The fourth-order valence-electron chi connectivity index (χ4n) is 9.24. The first-order valence-corrected chi connectivity index (χ1v) is 13.1. The maximum Gasteiger partial charge on any atom is 0.339 e. The monoisotopic (exact) mass is 514 g/mol. The summed E-state index contributed by atoms with van der Waals surface area (Å²) in [5.41, 5.74) is -3.88. The third kappa shape index (κ3) is 2.79. The summed E-state index contributed by atoms with van der Waals surface area (Å²) in [4.78, 5) is 52.7. The maximum absolute atomic E-state index is 14.4. The Hall–Kier alpha value is -2.68. The smallest absolute Gasteiger partial charge is 0.339 e. The van der Waals surface area contributed by atoms with Crippen LogP contribution in [0.2, 0.25) is 0 Å². The summed E-state index contributed by atoms with van der Waals surface area (Å²) in [6, 6.07) is 1.78. The molecule has 2 saturated carbocycles. The van der Waals surface area contributed by atoms with Gasteiger partial charge in [0.2, 0.25) is 0 Å². The van der Waals surface area contributed by atoms with Crippen LogP contribution in [0.3, 0.4) is 0 Å². The first-order valence-electron chi connectivity index (χ1n) is 13.1. The number of esters is 3. The molecule has 5 fully saturated rings. The van der Waals surface area contributed by atoms with Crippen molar-refractivity contribution in [3.05, 3.63) is 24.2 Å². The molecule has 6 rings (SSSR count). The van der Waals surface area contributed by atoms with Gasteiger partial charge in [-0.25, -0.2) is 4.79 Å². The van der Waals surface area contributed by atoms with E-state index in [9.17, 15) is 19.2 Å². The van der Waals surface area contributed by atoms with Crippen molar-refractivity contribution in [3.8, 4) is 0 Å². The highest BCUT2D eigenvalue weighted by Crippen LogP contribution is 2.78. The Labute approximate surface area is 215 Å². The fourth-order valence-corrected chi connectivity index (χ4v) is 9.24. The molecular weight excluding hydrogens is 480 g/mol.